The molecule has 13 heteroatoms. The summed E-state index contributed by atoms with van der Waals surface area (Å²) in [4.78, 5) is 59.8. The van der Waals surface area contributed by atoms with E-state index < -0.39 is 54.5 Å². The number of nitrogens with two attached hydrogens (primary N) is 1. The zero-order valence-corrected chi connectivity index (χ0v) is 22.1. The average Bonchev–Trinajstić information content (AvgIpc) is 2.70. The van der Waals surface area contributed by atoms with E-state index in [0.717, 1.165) is 0 Å². The van der Waals surface area contributed by atoms with Gasteiger partial charge in [0.05, 0.1) is 30.7 Å². The zero-order chi connectivity index (χ0) is 26.6. The molecule has 0 aliphatic carbocycles. The molecule has 0 aliphatic rings. The first kappa shape index (κ1) is 32.3. The van der Waals surface area contributed by atoms with Crippen LogP contribution in [0.3, 0.4) is 0 Å². The number of aliphatic carboxylic acids is 1. The number of carboxylic acids is 1. The predicted molar refractivity (Wildman–Crippen MR) is 133 cm³/mol. The van der Waals surface area contributed by atoms with Crippen molar-refractivity contribution in [3.05, 3.63) is 0 Å². The summed E-state index contributed by atoms with van der Waals surface area (Å²) in [6, 6.07) is -3.86. The van der Waals surface area contributed by atoms with Crippen molar-refractivity contribution in [1.82, 2.24) is 16.0 Å². The molecule has 0 spiro atoms. The van der Waals surface area contributed by atoms with Gasteiger partial charge in [-0.05, 0) is 13.8 Å². The molecule has 11 nitrogen and oxygen atoms in total. The topological polar surface area (TPSA) is 188 Å². The fraction of sp³-hybridized carbons (Fsp3) is 0.762. The molecule has 0 aromatic heterocycles. The Balaban J connectivity index is 4.99. The van der Waals surface area contributed by atoms with Crippen LogP contribution in [0, 0.1) is 5.92 Å². The van der Waals surface area contributed by atoms with Crippen LogP contribution in [-0.4, -0.2) is 87.4 Å². The van der Waals surface area contributed by atoms with E-state index in [9.17, 15) is 29.1 Å². The molecule has 7 N–H and O–H groups in total. The minimum Gasteiger partial charge on any atom is -0.481 e. The van der Waals surface area contributed by atoms with Crippen LogP contribution in [0.15, 0.2) is 0 Å². The first-order valence-corrected chi connectivity index (χ1v) is 13.5. The highest BCUT2D eigenvalue weighted by molar-refractivity contribution is 8.76. The molecule has 2 amide bonds. The Kier molecular flexibility index (Phi) is 15.3. The monoisotopic (exact) mass is 522 g/mol. The summed E-state index contributed by atoms with van der Waals surface area (Å²) in [5, 5.41) is 26.9. The molecular formula is C21H38N4O7S2. The highest BCUT2D eigenvalue weighted by Gasteiger charge is 2.30. The normalized spacial score (nSPS) is 15.8. The van der Waals surface area contributed by atoms with Crippen molar-refractivity contribution in [2.75, 3.05) is 11.5 Å². The number of aliphatic hydroxyl groups excluding tert-OH is 1. The molecule has 0 saturated heterocycles. The standard InChI is InChI=1S/C21H38N4O7S2/c1-10(2)19(30)18(13(6)27)25-21(32)16(23-11(3)4)9-34-33-8-15(12(5)26)24-20(31)14(22)7-17(28)29/h10-11,13-16,18,23,27H,7-9,22H2,1-6H3,(H,24,31)(H,25,32)(H,28,29)/t13-,14+,15+,16+,18?/m1/s1. The lowest BCUT2D eigenvalue weighted by molar-refractivity contribution is -0.139. The van der Waals surface area contributed by atoms with Gasteiger partial charge in [-0.25, -0.2) is 0 Å². The molecule has 1 unspecified atom stereocenters. The Morgan fingerprint density at radius 3 is 1.82 bits per heavy atom. The summed E-state index contributed by atoms with van der Waals surface area (Å²) in [6.45, 7) is 9.87. The number of aliphatic hydroxyl groups is 1. The number of carbonyl (C=O) groups excluding carboxylic acids is 4. The Bertz CT molecular complexity index is 719. The van der Waals surface area contributed by atoms with Gasteiger partial charge in [-0.15, -0.1) is 0 Å². The van der Waals surface area contributed by atoms with Gasteiger partial charge in [0, 0.05) is 23.5 Å². The van der Waals surface area contributed by atoms with E-state index in [2.05, 4.69) is 16.0 Å². The largest absolute Gasteiger partial charge is 0.481 e. The molecule has 0 rings (SSSR count). The van der Waals surface area contributed by atoms with Crippen molar-refractivity contribution < 1.29 is 34.2 Å². The molecule has 0 bridgehead atoms. The van der Waals surface area contributed by atoms with Gasteiger partial charge in [0.1, 0.15) is 6.04 Å². The van der Waals surface area contributed by atoms with Gasteiger partial charge in [-0.1, -0.05) is 49.3 Å². The number of amides is 2. The van der Waals surface area contributed by atoms with Crippen LogP contribution in [0.4, 0.5) is 0 Å². The number of ketones is 2. The lowest BCUT2D eigenvalue weighted by Crippen LogP contribution is -2.56. The summed E-state index contributed by atoms with van der Waals surface area (Å²) in [7, 11) is 2.54. The van der Waals surface area contributed by atoms with Crippen molar-refractivity contribution in [3.8, 4) is 0 Å². The first-order chi connectivity index (χ1) is 15.7. The smallest absolute Gasteiger partial charge is 0.305 e. The highest BCUT2D eigenvalue weighted by Crippen LogP contribution is 2.23. The van der Waals surface area contributed by atoms with Crippen molar-refractivity contribution in [2.24, 2.45) is 11.7 Å². The van der Waals surface area contributed by atoms with Crippen molar-refractivity contribution in [3.63, 3.8) is 0 Å². The van der Waals surface area contributed by atoms with Crippen LogP contribution in [0.25, 0.3) is 0 Å². The lowest BCUT2D eigenvalue weighted by Gasteiger charge is -2.26. The highest BCUT2D eigenvalue weighted by atomic mass is 33.1. The van der Waals surface area contributed by atoms with E-state index in [4.69, 9.17) is 10.8 Å². The molecule has 0 aromatic carbocycles. The molecule has 0 fully saturated rings. The van der Waals surface area contributed by atoms with E-state index in [1.165, 1.54) is 35.4 Å². The summed E-state index contributed by atoms with van der Waals surface area (Å²) in [6.07, 6.45) is -1.60. The van der Waals surface area contributed by atoms with Gasteiger partial charge in [0.25, 0.3) is 0 Å². The van der Waals surface area contributed by atoms with Gasteiger partial charge >= 0.3 is 5.97 Å². The number of hydrogen-bond acceptors (Lipinski definition) is 10. The minimum absolute atomic E-state index is 0.0351. The summed E-state index contributed by atoms with van der Waals surface area (Å²) >= 11 is 0. The van der Waals surface area contributed by atoms with Gasteiger partial charge in [0.2, 0.25) is 11.8 Å². The van der Waals surface area contributed by atoms with Crippen molar-refractivity contribution >= 4 is 50.9 Å². The van der Waals surface area contributed by atoms with Crippen LogP contribution in [0.5, 0.6) is 0 Å². The van der Waals surface area contributed by atoms with Crippen LogP contribution in [0.1, 0.15) is 48.0 Å². The first-order valence-electron chi connectivity index (χ1n) is 11.0. The molecule has 0 heterocycles. The fourth-order valence-corrected chi connectivity index (χ4v) is 5.12. The van der Waals surface area contributed by atoms with E-state index in [-0.39, 0.29) is 35.0 Å². The quantitative estimate of drug-likeness (QED) is 0.109. The SMILES string of the molecule is CC(=O)[C@H](CSSC[C@H](NC(C)C)C(=O)NC(C(=O)C(C)C)[C@@H](C)O)NC(=O)[C@@H](N)CC(=O)O. The molecular weight excluding hydrogens is 484 g/mol. The Morgan fingerprint density at radius 1 is 0.882 bits per heavy atom. The second-order valence-electron chi connectivity index (χ2n) is 8.60. The van der Waals surface area contributed by atoms with Crippen molar-refractivity contribution in [2.45, 2.75) is 84.3 Å². The molecule has 0 aliphatic heterocycles. The van der Waals surface area contributed by atoms with Gasteiger partial charge < -0.3 is 31.9 Å². The second-order valence-corrected chi connectivity index (χ2v) is 11.2. The number of carboxylic acid groups (broad SMARTS) is 1. The molecule has 5 atom stereocenters. The third kappa shape index (κ3) is 12.7. The number of rotatable bonds is 17. The molecule has 0 radical (unpaired) electrons. The van der Waals surface area contributed by atoms with Crippen molar-refractivity contribution in [1.29, 1.82) is 0 Å². The van der Waals surface area contributed by atoms with Crippen LogP contribution >= 0.6 is 21.6 Å². The Hall–Kier alpha value is -1.67. The van der Waals surface area contributed by atoms with Crippen LogP contribution < -0.4 is 21.7 Å². The third-order valence-electron chi connectivity index (χ3n) is 4.60. The number of Topliss-reactive ketones (excluding diaryl/α,β-unsaturated/α-hetero) is 2. The maximum atomic E-state index is 12.8. The van der Waals surface area contributed by atoms with Gasteiger partial charge in [0.15, 0.2) is 11.6 Å². The van der Waals surface area contributed by atoms with Crippen LogP contribution in [-0.2, 0) is 24.0 Å². The number of carbonyl (C=O) groups is 5. The average molecular weight is 523 g/mol. The Labute approximate surface area is 208 Å². The van der Waals surface area contributed by atoms with E-state index in [0.29, 0.717) is 0 Å². The van der Waals surface area contributed by atoms with Gasteiger partial charge in [-0.2, -0.15) is 0 Å². The third-order valence-corrected chi connectivity index (χ3v) is 7.02. The number of hydrogen-bond donors (Lipinski definition) is 6. The van der Waals surface area contributed by atoms with E-state index >= 15 is 0 Å². The van der Waals surface area contributed by atoms with Crippen LogP contribution in [0.2, 0.25) is 0 Å². The predicted octanol–water partition coefficient (Wildman–Crippen LogP) is -0.299. The summed E-state index contributed by atoms with van der Waals surface area (Å²) in [5.41, 5.74) is 5.53. The molecule has 34 heavy (non-hydrogen) atoms. The van der Waals surface area contributed by atoms with E-state index in [1.807, 2.05) is 13.8 Å². The zero-order valence-electron chi connectivity index (χ0n) is 20.5. The summed E-state index contributed by atoms with van der Waals surface area (Å²) in [5.74, 6) is -2.85. The lowest BCUT2D eigenvalue weighted by atomic mass is 9.98. The molecule has 196 valence electrons. The minimum atomic E-state index is -1.27. The fourth-order valence-electron chi connectivity index (χ4n) is 2.70. The molecule has 0 saturated carbocycles. The Morgan fingerprint density at radius 2 is 1.41 bits per heavy atom. The van der Waals surface area contributed by atoms with E-state index in [1.54, 1.807) is 13.8 Å². The second kappa shape index (κ2) is 16.1. The maximum Gasteiger partial charge on any atom is 0.305 e. The molecule has 0 aromatic rings. The summed E-state index contributed by atoms with van der Waals surface area (Å²) < 4.78 is 0. The number of nitrogens with one attached hydrogen (secondary N) is 3. The van der Waals surface area contributed by atoms with Gasteiger partial charge in [-0.3, -0.25) is 24.0 Å². The maximum absolute atomic E-state index is 12.8.